The van der Waals surface area contributed by atoms with E-state index in [2.05, 4.69) is 33.8 Å². The molecule has 1 aliphatic carbocycles. The van der Waals surface area contributed by atoms with Gasteiger partial charge in [-0.05, 0) is 60.4 Å². The van der Waals surface area contributed by atoms with Crippen molar-refractivity contribution in [2.75, 3.05) is 0 Å². The Hall–Kier alpha value is -2.69. The number of carbonyl (C=O) groups excluding carboxylic acids is 2. The second-order valence-electron chi connectivity index (χ2n) is 6.71. The van der Waals surface area contributed by atoms with Crippen LogP contribution in [0.2, 0.25) is 0 Å². The van der Waals surface area contributed by atoms with Crippen LogP contribution < -0.4 is 10.6 Å². The Labute approximate surface area is 154 Å². The van der Waals surface area contributed by atoms with Gasteiger partial charge in [0, 0.05) is 18.9 Å². The monoisotopic (exact) mass is 351 g/mol. The maximum absolute atomic E-state index is 12.3. The van der Waals surface area contributed by atoms with Gasteiger partial charge in [-0.25, -0.2) is 0 Å². The predicted molar refractivity (Wildman–Crippen MR) is 100 cm³/mol. The molecule has 2 aromatic rings. The molecule has 0 spiro atoms. The summed E-state index contributed by atoms with van der Waals surface area (Å²) in [5.74, 6) is -1.22. The highest BCUT2D eigenvalue weighted by Crippen LogP contribution is 2.26. The molecule has 0 fully saturated rings. The molecule has 136 valence electrons. The molecule has 1 aromatic heterocycles. The fourth-order valence-electron chi connectivity index (χ4n) is 3.38. The van der Waals surface area contributed by atoms with Gasteiger partial charge in [0.15, 0.2) is 0 Å². The van der Waals surface area contributed by atoms with E-state index in [4.69, 9.17) is 0 Å². The molecule has 1 atom stereocenters. The lowest BCUT2D eigenvalue weighted by Gasteiger charge is -2.21. The summed E-state index contributed by atoms with van der Waals surface area (Å²) >= 11 is 0. The number of fused-ring (bicyclic) bond motifs is 1. The van der Waals surface area contributed by atoms with Crippen LogP contribution in [-0.4, -0.2) is 16.8 Å². The molecule has 1 unspecified atom stereocenters. The van der Waals surface area contributed by atoms with Crippen LogP contribution in [0.1, 0.15) is 54.5 Å². The minimum absolute atomic E-state index is 0.154. The summed E-state index contributed by atoms with van der Waals surface area (Å²) in [5, 5.41) is 5.50. The molecule has 0 radical (unpaired) electrons. The first-order valence-corrected chi connectivity index (χ1v) is 9.26. The number of benzene rings is 1. The Balaban J connectivity index is 1.60. The summed E-state index contributed by atoms with van der Waals surface area (Å²) in [5.41, 5.74) is 4.72. The Morgan fingerprint density at radius 1 is 1.12 bits per heavy atom. The summed E-state index contributed by atoms with van der Waals surface area (Å²) in [6.45, 7) is 2.30. The van der Waals surface area contributed by atoms with Gasteiger partial charge < -0.3 is 10.6 Å². The quantitative estimate of drug-likeness (QED) is 0.814. The van der Waals surface area contributed by atoms with Crippen LogP contribution >= 0.6 is 0 Å². The lowest BCUT2D eigenvalue weighted by atomic mass is 9.89. The Bertz CT molecular complexity index is 774. The SMILES string of the molecule is CCC(NC(=O)C(=O)NCc1cccnc1)c1ccc2c(c1)CCCC2. The average molecular weight is 351 g/mol. The Morgan fingerprint density at radius 3 is 2.65 bits per heavy atom. The van der Waals surface area contributed by atoms with Gasteiger partial charge in [0.05, 0.1) is 6.04 Å². The Kier molecular flexibility index (Phi) is 6.00. The predicted octanol–water partition coefficient (Wildman–Crippen LogP) is 2.84. The van der Waals surface area contributed by atoms with E-state index in [-0.39, 0.29) is 12.6 Å². The number of amides is 2. The molecule has 2 amide bonds. The van der Waals surface area contributed by atoms with Gasteiger partial charge >= 0.3 is 11.8 Å². The van der Waals surface area contributed by atoms with Gasteiger partial charge in [0.25, 0.3) is 0 Å². The summed E-state index contributed by atoms with van der Waals surface area (Å²) < 4.78 is 0. The third-order valence-electron chi connectivity index (χ3n) is 4.87. The van der Waals surface area contributed by atoms with E-state index < -0.39 is 11.8 Å². The summed E-state index contributed by atoms with van der Waals surface area (Å²) in [6, 6.07) is 9.93. The van der Waals surface area contributed by atoms with Crippen LogP contribution in [0.3, 0.4) is 0 Å². The minimum atomic E-state index is -0.620. The van der Waals surface area contributed by atoms with Crippen LogP contribution in [0.25, 0.3) is 0 Å². The minimum Gasteiger partial charge on any atom is -0.344 e. The van der Waals surface area contributed by atoms with E-state index in [1.165, 1.54) is 24.0 Å². The molecule has 26 heavy (non-hydrogen) atoms. The smallest absolute Gasteiger partial charge is 0.309 e. The van der Waals surface area contributed by atoms with Crippen molar-refractivity contribution in [2.24, 2.45) is 0 Å². The topological polar surface area (TPSA) is 71.1 Å². The van der Waals surface area contributed by atoms with Crippen molar-refractivity contribution in [3.8, 4) is 0 Å². The molecule has 0 saturated heterocycles. The molecular formula is C21H25N3O2. The normalized spacial score (nSPS) is 14.2. The van der Waals surface area contributed by atoms with Crippen molar-refractivity contribution in [1.82, 2.24) is 15.6 Å². The van der Waals surface area contributed by atoms with E-state index in [1.807, 2.05) is 13.0 Å². The molecule has 3 rings (SSSR count). The van der Waals surface area contributed by atoms with Crippen LogP contribution in [0.4, 0.5) is 0 Å². The first kappa shape index (κ1) is 18.1. The average Bonchev–Trinajstić information content (AvgIpc) is 2.70. The van der Waals surface area contributed by atoms with Crippen molar-refractivity contribution in [1.29, 1.82) is 0 Å². The molecular weight excluding hydrogens is 326 g/mol. The second-order valence-corrected chi connectivity index (χ2v) is 6.71. The number of nitrogens with one attached hydrogen (secondary N) is 2. The van der Waals surface area contributed by atoms with Crippen LogP contribution in [0.5, 0.6) is 0 Å². The summed E-state index contributed by atoms with van der Waals surface area (Å²) in [6.07, 6.45) is 8.77. The van der Waals surface area contributed by atoms with Crippen molar-refractivity contribution >= 4 is 11.8 Å². The lowest BCUT2D eigenvalue weighted by Crippen LogP contribution is -2.41. The van der Waals surface area contributed by atoms with Crippen LogP contribution in [0, 0.1) is 0 Å². The Morgan fingerprint density at radius 2 is 1.92 bits per heavy atom. The molecule has 0 bridgehead atoms. The largest absolute Gasteiger partial charge is 0.344 e. The van der Waals surface area contributed by atoms with Gasteiger partial charge in [0.1, 0.15) is 0 Å². The third kappa shape index (κ3) is 4.48. The molecule has 1 heterocycles. The summed E-state index contributed by atoms with van der Waals surface area (Å²) in [7, 11) is 0. The molecule has 5 heteroatoms. The van der Waals surface area contributed by atoms with E-state index in [0.717, 1.165) is 30.4 Å². The number of carbonyl (C=O) groups is 2. The van der Waals surface area contributed by atoms with Gasteiger partial charge in [-0.3, -0.25) is 14.6 Å². The van der Waals surface area contributed by atoms with Gasteiger partial charge in [0.2, 0.25) is 0 Å². The second kappa shape index (κ2) is 8.61. The highest BCUT2D eigenvalue weighted by Gasteiger charge is 2.20. The lowest BCUT2D eigenvalue weighted by molar-refractivity contribution is -0.139. The highest BCUT2D eigenvalue weighted by atomic mass is 16.2. The number of aryl methyl sites for hydroxylation is 2. The standard InChI is InChI=1S/C21H25N3O2/c1-2-19(18-10-9-16-7-3-4-8-17(16)12-18)24-21(26)20(25)23-14-15-6-5-11-22-13-15/h5-6,9-13,19H,2-4,7-8,14H2,1H3,(H,23,25)(H,24,26). The number of pyridine rings is 1. The maximum Gasteiger partial charge on any atom is 0.309 e. The first-order chi connectivity index (χ1) is 12.7. The van der Waals surface area contributed by atoms with Crippen molar-refractivity contribution in [2.45, 2.75) is 51.6 Å². The fourth-order valence-corrected chi connectivity index (χ4v) is 3.38. The number of aromatic nitrogens is 1. The zero-order valence-corrected chi connectivity index (χ0v) is 15.1. The molecule has 2 N–H and O–H groups in total. The van der Waals surface area contributed by atoms with Crippen molar-refractivity contribution in [3.05, 3.63) is 65.0 Å². The van der Waals surface area contributed by atoms with E-state index >= 15 is 0 Å². The van der Waals surface area contributed by atoms with Crippen LogP contribution in [0.15, 0.2) is 42.7 Å². The highest BCUT2D eigenvalue weighted by molar-refractivity contribution is 6.35. The molecule has 5 nitrogen and oxygen atoms in total. The van der Waals surface area contributed by atoms with E-state index in [9.17, 15) is 9.59 Å². The van der Waals surface area contributed by atoms with E-state index in [0.29, 0.717) is 0 Å². The van der Waals surface area contributed by atoms with Gasteiger partial charge in [-0.1, -0.05) is 31.2 Å². The molecule has 1 aromatic carbocycles. The van der Waals surface area contributed by atoms with Gasteiger partial charge in [-0.15, -0.1) is 0 Å². The molecule has 0 aliphatic heterocycles. The molecule has 1 aliphatic rings. The number of rotatable bonds is 5. The van der Waals surface area contributed by atoms with Crippen molar-refractivity contribution < 1.29 is 9.59 Å². The number of hydrogen-bond donors (Lipinski definition) is 2. The molecule has 0 saturated carbocycles. The first-order valence-electron chi connectivity index (χ1n) is 9.26. The zero-order valence-electron chi connectivity index (χ0n) is 15.1. The zero-order chi connectivity index (χ0) is 18.4. The number of nitrogens with zero attached hydrogens (tertiary/aromatic N) is 1. The van der Waals surface area contributed by atoms with Crippen LogP contribution in [-0.2, 0) is 29.0 Å². The fraction of sp³-hybridized carbons (Fsp3) is 0.381. The third-order valence-corrected chi connectivity index (χ3v) is 4.87. The van der Waals surface area contributed by atoms with Crippen molar-refractivity contribution in [3.63, 3.8) is 0 Å². The summed E-state index contributed by atoms with van der Waals surface area (Å²) in [4.78, 5) is 28.3. The van der Waals surface area contributed by atoms with Gasteiger partial charge in [-0.2, -0.15) is 0 Å². The maximum atomic E-state index is 12.3. The van der Waals surface area contributed by atoms with E-state index in [1.54, 1.807) is 18.5 Å². The number of hydrogen-bond acceptors (Lipinski definition) is 3.